The van der Waals surface area contributed by atoms with E-state index in [4.69, 9.17) is 5.73 Å². The Morgan fingerprint density at radius 2 is 2.38 bits per heavy atom. The first-order valence-electron chi connectivity index (χ1n) is 2.83. The molecular weight excluding hydrogens is 105 g/mol. The summed E-state index contributed by atoms with van der Waals surface area (Å²) >= 11 is 0. The molecule has 0 rings (SSSR count). The molecule has 0 saturated carbocycles. The first-order valence-corrected chi connectivity index (χ1v) is 2.83. The van der Waals surface area contributed by atoms with Gasteiger partial charge in [-0.05, 0) is 12.0 Å². The van der Waals surface area contributed by atoms with Crippen LogP contribution >= 0.6 is 0 Å². The zero-order valence-corrected chi connectivity index (χ0v) is 5.15. The van der Waals surface area contributed by atoms with Crippen LogP contribution in [0.2, 0.25) is 0 Å². The molecule has 0 aliphatic rings. The fourth-order valence-corrected chi connectivity index (χ4v) is 0.522. The first-order chi connectivity index (χ1) is 3.85. The van der Waals surface area contributed by atoms with Crippen LogP contribution in [0.25, 0.3) is 0 Å². The van der Waals surface area contributed by atoms with Crippen LogP contribution in [-0.2, 0) is 0 Å². The van der Waals surface area contributed by atoms with Crippen molar-refractivity contribution in [3.8, 4) is 0 Å². The SMILES string of the molecule is CCC/C(=C\F)CN. The molecule has 48 valence electrons. The third-order valence-corrected chi connectivity index (χ3v) is 0.988. The Morgan fingerprint density at radius 1 is 1.75 bits per heavy atom. The van der Waals surface area contributed by atoms with Gasteiger partial charge in [-0.1, -0.05) is 13.3 Å². The van der Waals surface area contributed by atoms with E-state index in [2.05, 4.69) is 0 Å². The Labute approximate surface area is 49.4 Å². The van der Waals surface area contributed by atoms with Crippen molar-refractivity contribution in [2.45, 2.75) is 19.8 Å². The molecule has 0 unspecified atom stereocenters. The van der Waals surface area contributed by atoms with E-state index < -0.39 is 0 Å². The van der Waals surface area contributed by atoms with Gasteiger partial charge in [0.15, 0.2) is 0 Å². The first kappa shape index (κ1) is 7.63. The third kappa shape index (κ3) is 2.75. The highest BCUT2D eigenvalue weighted by molar-refractivity contribution is 4.98. The molecule has 0 aliphatic heterocycles. The Kier molecular flexibility index (Phi) is 4.56. The molecule has 0 atom stereocenters. The molecule has 0 amide bonds. The summed E-state index contributed by atoms with van der Waals surface area (Å²) in [7, 11) is 0. The molecule has 0 heterocycles. The Morgan fingerprint density at radius 3 is 2.50 bits per heavy atom. The number of nitrogens with two attached hydrogens (primary N) is 1. The van der Waals surface area contributed by atoms with Crippen LogP contribution < -0.4 is 5.73 Å². The molecule has 1 nitrogen and oxygen atoms in total. The zero-order chi connectivity index (χ0) is 6.41. The van der Waals surface area contributed by atoms with Crippen molar-refractivity contribution >= 4 is 0 Å². The van der Waals surface area contributed by atoms with Gasteiger partial charge < -0.3 is 5.73 Å². The van der Waals surface area contributed by atoms with E-state index in [1.807, 2.05) is 6.92 Å². The van der Waals surface area contributed by atoms with E-state index in [1.165, 1.54) is 0 Å². The zero-order valence-electron chi connectivity index (χ0n) is 5.15. The van der Waals surface area contributed by atoms with E-state index in [0.717, 1.165) is 12.8 Å². The molecule has 0 aromatic rings. The van der Waals surface area contributed by atoms with E-state index in [-0.39, 0.29) is 0 Å². The standard InChI is InChI=1S/C6H12FN/c1-2-3-6(4-7)5-8/h4H,2-3,5,8H2,1H3/b6-4+. The molecule has 2 N–H and O–H groups in total. The van der Waals surface area contributed by atoms with E-state index in [0.29, 0.717) is 18.4 Å². The summed E-state index contributed by atoms with van der Waals surface area (Å²) in [5.41, 5.74) is 5.86. The van der Waals surface area contributed by atoms with Crippen LogP contribution in [-0.4, -0.2) is 6.54 Å². The molecule has 0 bridgehead atoms. The van der Waals surface area contributed by atoms with Crippen LogP contribution in [0.1, 0.15) is 19.8 Å². The van der Waals surface area contributed by atoms with Gasteiger partial charge in [0.25, 0.3) is 0 Å². The molecule has 0 fully saturated rings. The van der Waals surface area contributed by atoms with Gasteiger partial charge in [-0.2, -0.15) is 0 Å². The summed E-state index contributed by atoms with van der Waals surface area (Å²) in [5, 5.41) is 0. The lowest BCUT2D eigenvalue weighted by atomic mass is 10.2. The minimum atomic E-state index is 0.352. The Bertz CT molecular complexity index is 78.6. The predicted octanol–water partition coefficient (Wildman–Crippen LogP) is 1.60. The van der Waals surface area contributed by atoms with Crippen molar-refractivity contribution in [1.82, 2.24) is 0 Å². The highest BCUT2D eigenvalue weighted by Crippen LogP contribution is 2.01. The van der Waals surface area contributed by atoms with E-state index >= 15 is 0 Å². The fraction of sp³-hybridized carbons (Fsp3) is 0.667. The molecule has 0 spiro atoms. The average Bonchev–Trinajstić information content (AvgIpc) is 1.83. The maximum absolute atomic E-state index is 11.6. The lowest BCUT2D eigenvalue weighted by Crippen LogP contribution is -2.01. The number of rotatable bonds is 3. The molecule has 0 saturated heterocycles. The van der Waals surface area contributed by atoms with Crippen molar-refractivity contribution in [3.05, 3.63) is 11.9 Å². The third-order valence-electron chi connectivity index (χ3n) is 0.988. The second-order valence-corrected chi connectivity index (χ2v) is 1.72. The normalized spacial score (nSPS) is 12.1. The smallest absolute Gasteiger partial charge is 0.0871 e. The van der Waals surface area contributed by atoms with Crippen LogP contribution in [0.5, 0.6) is 0 Å². The minimum absolute atomic E-state index is 0.352. The summed E-state index contributed by atoms with van der Waals surface area (Å²) < 4.78 is 11.6. The van der Waals surface area contributed by atoms with Gasteiger partial charge in [0.05, 0.1) is 6.33 Å². The van der Waals surface area contributed by atoms with E-state index in [9.17, 15) is 4.39 Å². The Balaban J connectivity index is 3.38. The minimum Gasteiger partial charge on any atom is -0.327 e. The summed E-state index contributed by atoms with van der Waals surface area (Å²) in [5.74, 6) is 0. The molecular formula is C6H12FN. The molecule has 0 aliphatic carbocycles. The highest BCUT2D eigenvalue weighted by atomic mass is 19.1. The highest BCUT2D eigenvalue weighted by Gasteiger charge is 1.89. The van der Waals surface area contributed by atoms with Crippen LogP contribution in [0.15, 0.2) is 11.9 Å². The largest absolute Gasteiger partial charge is 0.327 e. The lowest BCUT2D eigenvalue weighted by Gasteiger charge is -1.95. The topological polar surface area (TPSA) is 26.0 Å². The Hall–Kier alpha value is -0.370. The van der Waals surface area contributed by atoms with Gasteiger partial charge >= 0.3 is 0 Å². The molecule has 2 heteroatoms. The van der Waals surface area contributed by atoms with Crippen LogP contribution in [0, 0.1) is 0 Å². The lowest BCUT2D eigenvalue weighted by molar-refractivity contribution is 0.689. The maximum Gasteiger partial charge on any atom is 0.0871 e. The molecule has 0 radical (unpaired) electrons. The van der Waals surface area contributed by atoms with Gasteiger partial charge in [0.2, 0.25) is 0 Å². The second kappa shape index (κ2) is 4.78. The van der Waals surface area contributed by atoms with Crippen LogP contribution in [0.4, 0.5) is 4.39 Å². The van der Waals surface area contributed by atoms with Crippen molar-refractivity contribution in [2.75, 3.05) is 6.54 Å². The molecule has 0 aromatic heterocycles. The fourth-order valence-electron chi connectivity index (χ4n) is 0.522. The maximum atomic E-state index is 11.6. The summed E-state index contributed by atoms with van der Waals surface area (Å²) in [6, 6.07) is 0. The van der Waals surface area contributed by atoms with Gasteiger partial charge in [-0.15, -0.1) is 0 Å². The van der Waals surface area contributed by atoms with Crippen molar-refractivity contribution < 1.29 is 4.39 Å². The molecule has 8 heavy (non-hydrogen) atoms. The monoisotopic (exact) mass is 117 g/mol. The van der Waals surface area contributed by atoms with Gasteiger partial charge in [-0.3, -0.25) is 0 Å². The average molecular weight is 117 g/mol. The van der Waals surface area contributed by atoms with Crippen molar-refractivity contribution in [3.63, 3.8) is 0 Å². The van der Waals surface area contributed by atoms with Crippen molar-refractivity contribution in [2.24, 2.45) is 5.73 Å². The predicted molar refractivity (Wildman–Crippen MR) is 33.2 cm³/mol. The van der Waals surface area contributed by atoms with Gasteiger partial charge in [0, 0.05) is 6.54 Å². The van der Waals surface area contributed by atoms with Gasteiger partial charge in [-0.25, -0.2) is 4.39 Å². The number of hydrogen-bond acceptors (Lipinski definition) is 1. The number of halogens is 1. The summed E-state index contributed by atoms with van der Waals surface area (Å²) in [4.78, 5) is 0. The van der Waals surface area contributed by atoms with E-state index in [1.54, 1.807) is 0 Å². The number of hydrogen-bond donors (Lipinski definition) is 1. The van der Waals surface area contributed by atoms with Crippen LogP contribution in [0.3, 0.4) is 0 Å². The second-order valence-electron chi connectivity index (χ2n) is 1.72. The summed E-state index contributed by atoms with van der Waals surface area (Å²) in [6.07, 6.45) is 2.35. The van der Waals surface area contributed by atoms with Gasteiger partial charge in [0.1, 0.15) is 0 Å². The molecule has 0 aromatic carbocycles. The summed E-state index contributed by atoms with van der Waals surface area (Å²) in [6.45, 7) is 2.35. The van der Waals surface area contributed by atoms with Crippen molar-refractivity contribution in [1.29, 1.82) is 0 Å². The quantitative estimate of drug-likeness (QED) is 0.597.